The van der Waals surface area contributed by atoms with Gasteiger partial charge in [-0.3, -0.25) is 9.59 Å². The molecule has 6 rings (SSSR count). The Kier molecular flexibility index (Phi) is 7.69. The Morgan fingerprint density at radius 1 is 0.818 bits per heavy atom. The average molecular weight is 621 g/mol. The summed E-state index contributed by atoms with van der Waals surface area (Å²) in [6.45, 7) is 5.30. The number of Topliss-reactive ketones (excluding diaryl/α,β-unsaturated/α-hetero) is 1. The van der Waals surface area contributed by atoms with Crippen molar-refractivity contribution in [3.8, 4) is 0 Å². The lowest BCUT2D eigenvalue weighted by Gasteiger charge is -2.60. The Morgan fingerprint density at radius 3 is 1.91 bits per heavy atom. The van der Waals surface area contributed by atoms with Crippen molar-refractivity contribution in [3.63, 3.8) is 0 Å². The van der Waals surface area contributed by atoms with Gasteiger partial charge in [0.2, 0.25) is 5.91 Å². The molecular formula is C34H38F6N2O2. The van der Waals surface area contributed by atoms with Gasteiger partial charge in [0, 0.05) is 24.8 Å². The maximum absolute atomic E-state index is 14.1. The summed E-state index contributed by atoms with van der Waals surface area (Å²) in [5, 5.41) is 6.73. The zero-order valence-corrected chi connectivity index (χ0v) is 24.8. The molecule has 0 spiro atoms. The number of benzene rings is 2. The summed E-state index contributed by atoms with van der Waals surface area (Å²) in [5.41, 5.74) is -1.23. The van der Waals surface area contributed by atoms with E-state index in [9.17, 15) is 35.9 Å². The Labute approximate surface area is 253 Å². The van der Waals surface area contributed by atoms with Gasteiger partial charge in [-0.2, -0.15) is 26.3 Å². The SMILES string of the molecule is C[C@]12CCC(=O)CC1NCC1C2CC[C@]2(C)C(C(=O)NC(c3ccc(C(F)(F)F)cc3)c3ccc(C(F)(F)F)cc3)CCC12. The second kappa shape index (κ2) is 10.9. The number of carbonyl (C=O) groups is 2. The predicted octanol–water partition coefficient (Wildman–Crippen LogP) is 7.72. The van der Waals surface area contributed by atoms with Crippen molar-refractivity contribution in [3.05, 3.63) is 70.8 Å². The van der Waals surface area contributed by atoms with Crippen LogP contribution in [0, 0.1) is 34.5 Å². The summed E-state index contributed by atoms with van der Waals surface area (Å²) < 4.78 is 79.6. The lowest BCUT2D eigenvalue weighted by molar-refractivity contribution is -0.139. The number of halogens is 6. The summed E-state index contributed by atoms with van der Waals surface area (Å²) in [6.07, 6.45) is -3.66. The van der Waals surface area contributed by atoms with Crippen LogP contribution in [0.5, 0.6) is 0 Å². The second-order valence-electron chi connectivity index (χ2n) is 13.9. The first kappa shape index (κ1) is 31.1. The molecule has 4 fully saturated rings. The van der Waals surface area contributed by atoms with E-state index in [-0.39, 0.29) is 28.7 Å². The maximum atomic E-state index is 14.1. The summed E-state index contributed by atoms with van der Waals surface area (Å²) in [4.78, 5) is 26.3. The normalized spacial score (nSPS) is 33.8. The highest BCUT2D eigenvalue weighted by molar-refractivity contribution is 5.81. The van der Waals surface area contributed by atoms with E-state index < -0.39 is 29.5 Å². The number of carbonyl (C=O) groups excluding carboxylic acids is 2. The first-order valence-electron chi connectivity index (χ1n) is 15.5. The van der Waals surface area contributed by atoms with Gasteiger partial charge in [-0.25, -0.2) is 0 Å². The molecule has 2 N–H and O–H groups in total. The number of ketones is 1. The molecule has 238 valence electrons. The van der Waals surface area contributed by atoms with E-state index >= 15 is 0 Å². The molecule has 0 bridgehead atoms. The minimum Gasteiger partial charge on any atom is -0.345 e. The molecule has 4 aliphatic rings. The van der Waals surface area contributed by atoms with Crippen LogP contribution in [0.15, 0.2) is 48.5 Å². The quantitative estimate of drug-likeness (QED) is 0.344. The van der Waals surface area contributed by atoms with Crippen LogP contribution in [-0.4, -0.2) is 24.3 Å². The predicted molar refractivity (Wildman–Crippen MR) is 152 cm³/mol. The number of hydrogen-bond donors (Lipinski definition) is 2. The van der Waals surface area contributed by atoms with Crippen molar-refractivity contribution >= 4 is 11.7 Å². The number of alkyl halides is 6. The Morgan fingerprint density at radius 2 is 1.36 bits per heavy atom. The van der Waals surface area contributed by atoms with Crippen molar-refractivity contribution in [2.45, 2.75) is 83.2 Å². The minimum atomic E-state index is -4.55. The van der Waals surface area contributed by atoms with Crippen LogP contribution in [0.2, 0.25) is 0 Å². The summed E-state index contributed by atoms with van der Waals surface area (Å²) >= 11 is 0. The van der Waals surface area contributed by atoms with Crippen LogP contribution >= 0.6 is 0 Å². The average Bonchev–Trinajstić information content (AvgIpc) is 3.33. The first-order valence-corrected chi connectivity index (χ1v) is 15.5. The van der Waals surface area contributed by atoms with Crippen LogP contribution in [0.1, 0.15) is 87.1 Å². The second-order valence-corrected chi connectivity index (χ2v) is 13.9. The number of fused-ring (bicyclic) bond motifs is 5. The van der Waals surface area contributed by atoms with Gasteiger partial charge in [0.05, 0.1) is 17.2 Å². The van der Waals surface area contributed by atoms with Crippen molar-refractivity contribution in [1.82, 2.24) is 10.6 Å². The van der Waals surface area contributed by atoms with Crippen LogP contribution in [0.4, 0.5) is 26.3 Å². The largest absolute Gasteiger partial charge is 0.416 e. The van der Waals surface area contributed by atoms with E-state index in [1.807, 2.05) is 0 Å². The molecule has 1 heterocycles. The van der Waals surface area contributed by atoms with Gasteiger partial charge in [0.1, 0.15) is 5.78 Å². The molecule has 5 unspecified atom stereocenters. The van der Waals surface area contributed by atoms with Gasteiger partial charge in [0.25, 0.3) is 0 Å². The topological polar surface area (TPSA) is 58.2 Å². The van der Waals surface area contributed by atoms with Crippen molar-refractivity contribution in [2.75, 3.05) is 6.54 Å². The molecule has 3 aliphatic carbocycles. The zero-order valence-electron chi connectivity index (χ0n) is 24.8. The van der Waals surface area contributed by atoms with E-state index in [0.717, 1.165) is 56.5 Å². The van der Waals surface area contributed by atoms with E-state index in [2.05, 4.69) is 24.5 Å². The molecule has 7 atom stereocenters. The van der Waals surface area contributed by atoms with Crippen LogP contribution in [-0.2, 0) is 21.9 Å². The van der Waals surface area contributed by atoms with E-state index in [1.165, 1.54) is 24.3 Å². The van der Waals surface area contributed by atoms with E-state index in [1.54, 1.807) is 0 Å². The molecule has 1 aliphatic heterocycles. The third-order valence-electron chi connectivity index (χ3n) is 11.8. The van der Waals surface area contributed by atoms with Gasteiger partial charge >= 0.3 is 12.4 Å². The molecule has 1 amide bonds. The summed E-state index contributed by atoms with van der Waals surface area (Å²) in [5.74, 6) is 0.894. The Balaban J connectivity index is 1.25. The number of rotatable bonds is 4. The molecule has 1 saturated heterocycles. The van der Waals surface area contributed by atoms with E-state index in [0.29, 0.717) is 53.9 Å². The highest BCUT2D eigenvalue weighted by atomic mass is 19.4. The third-order valence-corrected chi connectivity index (χ3v) is 11.8. The molecule has 3 saturated carbocycles. The van der Waals surface area contributed by atoms with Gasteiger partial charge in [0.15, 0.2) is 0 Å². The standard InChI is InChI=1S/C34H38F6N2O2/c1-31-16-14-26-24(18-41-28-17-23(43)13-15-32(26,28)2)25(31)11-12-27(31)30(44)42-29(19-3-7-21(8-4-19)33(35,36)37)20-5-9-22(10-6-20)34(38,39)40/h3-10,24-29,41H,11-18H2,1-2H3,(H,42,44)/t24?,25?,26?,27?,28?,31-,32+/m0/s1. The first-order chi connectivity index (χ1) is 20.6. The molecule has 2 aromatic carbocycles. The monoisotopic (exact) mass is 620 g/mol. The van der Waals surface area contributed by atoms with Gasteiger partial charge in [-0.15, -0.1) is 0 Å². The molecule has 0 aromatic heterocycles. The number of nitrogens with one attached hydrogen (secondary N) is 2. The molecular weight excluding hydrogens is 582 g/mol. The highest BCUT2D eigenvalue weighted by Crippen LogP contribution is 2.64. The zero-order chi connectivity index (χ0) is 31.7. The summed E-state index contributed by atoms with van der Waals surface area (Å²) in [7, 11) is 0. The number of piperidine rings is 1. The molecule has 0 radical (unpaired) electrons. The maximum Gasteiger partial charge on any atom is 0.416 e. The van der Waals surface area contributed by atoms with Crippen molar-refractivity contribution in [1.29, 1.82) is 0 Å². The van der Waals surface area contributed by atoms with Gasteiger partial charge in [-0.05, 0) is 103 Å². The van der Waals surface area contributed by atoms with Crippen LogP contribution < -0.4 is 10.6 Å². The fourth-order valence-electron chi connectivity index (χ4n) is 9.33. The molecule has 44 heavy (non-hydrogen) atoms. The number of hydrogen-bond acceptors (Lipinski definition) is 3. The lowest BCUT2D eigenvalue weighted by atomic mass is 9.48. The van der Waals surface area contributed by atoms with Crippen LogP contribution in [0.3, 0.4) is 0 Å². The van der Waals surface area contributed by atoms with Crippen molar-refractivity contribution < 1.29 is 35.9 Å². The minimum absolute atomic E-state index is 0.0365. The molecule has 10 heteroatoms. The summed E-state index contributed by atoms with van der Waals surface area (Å²) in [6, 6.07) is 8.07. The molecule has 2 aromatic rings. The van der Waals surface area contributed by atoms with Gasteiger partial charge in [-0.1, -0.05) is 38.1 Å². The molecule has 4 nitrogen and oxygen atoms in total. The fraction of sp³-hybridized carbons (Fsp3) is 0.588. The fourth-order valence-corrected chi connectivity index (χ4v) is 9.33. The van der Waals surface area contributed by atoms with Crippen LogP contribution in [0.25, 0.3) is 0 Å². The Hall–Kier alpha value is -2.88. The lowest BCUT2D eigenvalue weighted by Crippen LogP contribution is -2.63. The smallest absolute Gasteiger partial charge is 0.345 e. The van der Waals surface area contributed by atoms with Gasteiger partial charge < -0.3 is 10.6 Å². The van der Waals surface area contributed by atoms with E-state index in [4.69, 9.17) is 0 Å². The Bertz CT molecular complexity index is 1350. The highest BCUT2D eigenvalue weighted by Gasteiger charge is 2.61. The third kappa shape index (κ3) is 5.35. The van der Waals surface area contributed by atoms with Crippen molar-refractivity contribution in [2.24, 2.45) is 34.5 Å². The number of amides is 1.